The van der Waals surface area contributed by atoms with Crippen molar-refractivity contribution in [2.75, 3.05) is 0 Å². The molecule has 0 N–H and O–H groups in total. The van der Waals surface area contributed by atoms with Gasteiger partial charge in [-0.25, -0.2) is 4.98 Å². The van der Waals surface area contributed by atoms with Crippen LogP contribution in [0.2, 0.25) is 0 Å². The Morgan fingerprint density at radius 2 is 1.12 bits per heavy atom. The molecule has 3 heterocycles. The Hall–Kier alpha value is -8.80. The largest absolute Gasteiger partial charge is 0.458 e. The standard InChI is InChI=1S/C69H58N4O/c1-46-37-66(70-44-61(46)49-25-15-10-16-26-49)73-62-32-18-17-29-59(62)60-35-34-56(43-64(60)73)74-55-28-19-27-54(42-55)71-45-72(67-57(47-21-11-8-12-22-47)30-20-31-58(67)48-23-13-9-14-24-48)63-36-33-50(40-65(63)71)51-38-52(68(2,3)4)41-53(39-51)69(5,6)7/h8-44H,1-7H3/i1D3,8D,9D,10D,11D,12D,13D,14D,15D,16D,21D,22D,23D,24D,25D,26D. The molecule has 5 heteroatoms. The number of imidazole rings is 1. The molecule has 0 aliphatic rings. The molecule has 0 spiro atoms. The molecular formula is C69H58N4O. The van der Waals surface area contributed by atoms with Gasteiger partial charge in [-0.15, -0.1) is 0 Å². The van der Waals surface area contributed by atoms with Crippen LogP contribution < -0.4 is 9.30 Å². The predicted octanol–water partition coefficient (Wildman–Crippen LogP) is 17.6. The summed E-state index contributed by atoms with van der Waals surface area (Å²) >= 11 is 0. The Labute approximate surface area is 459 Å². The minimum absolute atomic E-state index is 0.0862. The number of fused-ring (bicyclic) bond motifs is 4. The number of aromatic nitrogens is 4. The predicted molar refractivity (Wildman–Crippen MR) is 306 cm³/mol. The van der Waals surface area contributed by atoms with Crippen LogP contribution in [0.3, 0.4) is 0 Å². The second kappa shape index (κ2) is 18.4. The van der Waals surface area contributed by atoms with Crippen molar-refractivity contribution in [3.8, 4) is 73.2 Å². The third-order valence-corrected chi connectivity index (χ3v) is 13.3. The van der Waals surface area contributed by atoms with E-state index in [2.05, 4.69) is 66.1 Å². The van der Waals surface area contributed by atoms with Crippen molar-refractivity contribution in [1.82, 2.24) is 14.1 Å². The number of benzene rings is 9. The summed E-state index contributed by atoms with van der Waals surface area (Å²) in [5.41, 5.74) is 5.39. The number of aryl methyl sites for hydroxylation is 1. The van der Waals surface area contributed by atoms with Gasteiger partial charge in [-0.3, -0.25) is 13.7 Å². The molecule has 74 heavy (non-hydrogen) atoms. The van der Waals surface area contributed by atoms with Crippen LogP contribution in [0.4, 0.5) is 0 Å². The lowest BCUT2D eigenvalue weighted by atomic mass is 9.79. The third-order valence-electron chi connectivity index (χ3n) is 13.3. The van der Waals surface area contributed by atoms with Crippen LogP contribution in [0.5, 0.6) is 11.5 Å². The normalized spacial score (nSPS) is 15.6. The zero-order valence-corrected chi connectivity index (χ0v) is 41.4. The summed E-state index contributed by atoms with van der Waals surface area (Å²) in [6.07, 6.45) is 4.75. The average Bonchev–Trinajstić information content (AvgIpc) is 1.43. The smallest absolute Gasteiger partial charge is 0.269 e. The zero-order valence-electron chi connectivity index (χ0n) is 59.4. The molecular weight excluding hydrogens is 901 g/mol. The van der Waals surface area contributed by atoms with Crippen molar-refractivity contribution < 1.29 is 34.0 Å². The van der Waals surface area contributed by atoms with Gasteiger partial charge in [0.1, 0.15) is 17.3 Å². The van der Waals surface area contributed by atoms with E-state index in [0.717, 1.165) is 33.0 Å². The van der Waals surface area contributed by atoms with Crippen LogP contribution in [0.15, 0.2) is 224 Å². The van der Waals surface area contributed by atoms with Gasteiger partial charge < -0.3 is 4.74 Å². The summed E-state index contributed by atoms with van der Waals surface area (Å²) in [7, 11) is 0. The van der Waals surface area contributed by atoms with Gasteiger partial charge in [0, 0.05) is 32.7 Å². The Morgan fingerprint density at radius 3 is 1.77 bits per heavy atom. The second-order valence-electron chi connectivity index (χ2n) is 20.2. The van der Waals surface area contributed by atoms with Crippen molar-refractivity contribution in [2.24, 2.45) is 0 Å². The van der Waals surface area contributed by atoms with Crippen LogP contribution in [0.1, 0.15) is 82.9 Å². The van der Waals surface area contributed by atoms with E-state index in [9.17, 15) is 5.48 Å². The first-order valence-corrected chi connectivity index (χ1v) is 24.1. The lowest BCUT2D eigenvalue weighted by molar-refractivity contribution is -0.571. The summed E-state index contributed by atoms with van der Waals surface area (Å²) in [4.78, 5) is 4.73. The molecule has 0 aliphatic heterocycles. The number of pyridine rings is 1. The minimum Gasteiger partial charge on any atom is -0.458 e. The number of rotatable bonds is 9. The van der Waals surface area contributed by atoms with Crippen molar-refractivity contribution >= 4 is 32.8 Å². The van der Waals surface area contributed by atoms with E-state index < -0.39 is 97.5 Å². The summed E-state index contributed by atoms with van der Waals surface area (Å²) in [5, 5.41) is 1.56. The molecule has 0 unspecified atom stereocenters. The topological polar surface area (TPSA) is 35.9 Å². The molecule has 0 bridgehead atoms. The Balaban J connectivity index is 1.08. The van der Waals surface area contributed by atoms with Crippen LogP contribution in [0.25, 0.3) is 94.5 Å². The first-order valence-electron chi connectivity index (χ1n) is 33.1. The summed E-state index contributed by atoms with van der Waals surface area (Å²) in [5.74, 6) is 0.872. The van der Waals surface area contributed by atoms with Crippen LogP contribution >= 0.6 is 0 Å². The summed E-state index contributed by atoms with van der Waals surface area (Å²) < 4.78 is 169. The van der Waals surface area contributed by atoms with Crippen LogP contribution in [-0.4, -0.2) is 14.1 Å². The highest BCUT2D eigenvalue weighted by Gasteiger charge is 2.24. The van der Waals surface area contributed by atoms with Gasteiger partial charge in [0.2, 0.25) is 0 Å². The Kier molecular flexibility index (Phi) is 7.51. The van der Waals surface area contributed by atoms with Gasteiger partial charge in [0.25, 0.3) is 6.33 Å². The SMILES string of the molecule is [2H]c1c([2H])c([2H])c(-c2cnc(-n3c4ccccc4c4ccc(Oc5cccc(-n6[c-][n+](-c7c(-c8c([2H])c([2H])c([2H])c([2H])c8[2H])cccc7-c7c([2H])c([2H])c([2H])c([2H])c7[2H])c7ccc(-c8cc(C(C)(C)C)cc(C(C)(C)C)c8)cc76)c5)cc43)cc2C([2H])([2H])[2H])c([2H])c1[2H]. The summed E-state index contributed by atoms with van der Waals surface area (Å²) in [6.45, 7) is 10.1. The zero-order chi connectivity index (χ0) is 66.3. The van der Waals surface area contributed by atoms with Crippen molar-refractivity contribution in [3.05, 3.63) is 247 Å². The van der Waals surface area contributed by atoms with E-state index in [1.54, 1.807) is 62.2 Å². The maximum Gasteiger partial charge on any atom is 0.269 e. The highest BCUT2D eigenvalue weighted by molar-refractivity contribution is 6.09. The number of para-hydroxylation sites is 2. The van der Waals surface area contributed by atoms with Gasteiger partial charge in [-0.2, -0.15) is 0 Å². The number of ether oxygens (including phenoxy) is 1. The molecule has 3 aromatic heterocycles. The molecule has 360 valence electrons. The molecule has 0 aliphatic carbocycles. The molecule has 0 saturated heterocycles. The first-order chi connectivity index (χ1) is 43.3. The minimum atomic E-state index is -2.83. The molecule has 0 amide bonds. The first kappa shape index (κ1) is 30.3. The van der Waals surface area contributed by atoms with Crippen LogP contribution in [-0.2, 0) is 10.8 Å². The second-order valence-corrected chi connectivity index (χ2v) is 20.2. The highest BCUT2D eigenvalue weighted by Crippen LogP contribution is 2.40. The molecule has 12 rings (SSSR count). The van der Waals surface area contributed by atoms with Crippen molar-refractivity contribution in [1.29, 1.82) is 0 Å². The third kappa shape index (κ3) is 8.54. The maximum absolute atomic E-state index is 9.26. The molecule has 0 saturated carbocycles. The fourth-order valence-corrected chi connectivity index (χ4v) is 9.50. The van der Waals surface area contributed by atoms with Gasteiger partial charge in [0.05, 0.1) is 54.0 Å². The van der Waals surface area contributed by atoms with E-state index in [4.69, 9.17) is 28.9 Å². The van der Waals surface area contributed by atoms with E-state index in [1.165, 1.54) is 12.3 Å². The number of nitrogens with zero attached hydrogens (tertiary/aromatic N) is 4. The van der Waals surface area contributed by atoms with Gasteiger partial charge in [0.15, 0.2) is 0 Å². The van der Waals surface area contributed by atoms with E-state index in [1.807, 2.05) is 54.6 Å². The average molecular weight is 977 g/mol. The molecule has 0 radical (unpaired) electrons. The van der Waals surface area contributed by atoms with Crippen LogP contribution in [0, 0.1) is 13.2 Å². The monoisotopic (exact) mass is 977 g/mol. The Bertz CT molecular complexity index is 4910. The maximum atomic E-state index is 9.26. The Morgan fingerprint density at radius 1 is 0.514 bits per heavy atom. The molecule has 0 atom stereocenters. The van der Waals surface area contributed by atoms with E-state index >= 15 is 0 Å². The molecule has 5 nitrogen and oxygen atoms in total. The lowest BCUT2D eigenvalue weighted by Gasteiger charge is -2.26. The van der Waals surface area contributed by atoms with Gasteiger partial charge in [-0.1, -0.05) is 205 Å². The molecule has 0 fully saturated rings. The van der Waals surface area contributed by atoms with E-state index in [-0.39, 0.29) is 61.3 Å². The fourth-order valence-electron chi connectivity index (χ4n) is 9.50. The quantitative estimate of drug-likeness (QED) is 0.107. The number of hydrogen-bond donors (Lipinski definition) is 0. The molecule has 9 aromatic carbocycles. The van der Waals surface area contributed by atoms with E-state index in [0.29, 0.717) is 39.3 Å². The molecule has 12 aromatic rings. The van der Waals surface area contributed by atoms with Crippen molar-refractivity contribution in [2.45, 2.75) is 59.2 Å². The van der Waals surface area contributed by atoms with Gasteiger partial charge in [-0.05, 0) is 122 Å². The summed E-state index contributed by atoms with van der Waals surface area (Å²) in [6, 6.07) is 29.7. The van der Waals surface area contributed by atoms with Gasteiger partial charge >= 0.3 is 0 Å². The lowest BCUT2D eigenvalue weighted by Crippen LogP contribution is -2.31. The number of hydrogen-bond acceptors (Lipinski definition) is 2. The fraction of sp³-hybridized carbons (Fsp3) is 0.130. The highest BCUT2D eigenvalue weighted by atomic mass is 16.5. The van der Waals surface area contributed by atoms with Crippen molar-refractivity contribution in [3.63, 3.8) is 0 Å².